The van der Waals surface area contributed by atoms with Crippen molar-refractivity contribution in [3.8, 4) is 0 Å². The van der Waals surface area contributed by atoms with Gasteiger partial charge in [0.1, 0.15) is 12.6 Å². The molecule has 3 amide bonds. The lowest BCUT2D eigenvalue weighted by molar-refractivity contribution is -0.137. The van der Waals surface area contributed by atoms with Crippen molar-refractivity contribution in [3.05, 3.63) is 45.1 Å². The second-order valence-corrected chi connectivity index (χ2v) is 8.69. The molecule has 1 aliphatic heterocycles. The zero-order chi connectivity index (χ0) is 24.2. The minimum absolute atomic E-state index is 0.00933. The average Bonchev–Trinajstić information content (AvgIpc) is 3.20. The average molecular weight is 505 g/mol. The van der Waals surface area contributed by atoms with Crippen molar-refractivity contribution in [1.29, 1.82) is 0 Å². The molecule has 1 aliphatic rings. The fourth-order valence-electron chi connectivity index (χ4n) is 3.12. The number of thiophene rings is 1. The van der Waals surface area contributed by atoms with Gasteiger partial charge in [-0.25, -0.2) is 0 Å². The zero-order valence-corrected chi connectivity index (χ0v) is 18.9. The number of alkyl halides is 3. The van der Waals surface area contributed by atoms with E-state index in [1.54, 1.807) is 6.07 Å². The maximum absolute atomic E-state index is 13.7. The van der Waals surface area contributed by atoms with E-state index in [-0.39, 0.29) is 37.7 Å². The number of hydrogen-bond acceptors (Lipinski definition) is 6. The molecule has 0 radical (unpaired) electrons. The van der Waals surface area contributed by atoms with E-state index in [9.17, 15) is 27.6 Å². The Morgan fingerprint density at radius 2 is 2.03 bits per heavy atom. The molecule has 0 aliphatic carbocycles. The van der Waals surface area contributed by atoms with Crippen molar-refractivity contribution >= 4 is 52.0 Å². The molecule has 1 aromatic carbocycles. The summed E-state index contributed by atoms with van der Waals surface area (Å²) in [4.78, 5) is 38.1. The first-order chi connectivity index (χ1) is 15.6. The van der Waals surface area contributed by atoms with Crippen LogP contribution in [0.25, 0.3) is 0 Å². The monoisotopic (exact) mass is 504 g/mol. The highest BCUT2D eigenvalue weighted by molar-refractivity contribution is 7.18. The number of nitrogens with one attached hydrogen (secondary N) is 3. The van der Waals surface area contributed by atoms with Crippen LogP contribution in [0, 0.1) is 0 Å². The SMILES string of the molecule is CN[C@@H](CNC(=O)c1ccc(Cl)s1)C(=O)Nc1ccc(N2CCOCC2=O)c(C(F)(F)F)c1. The van der Waals surface area contributed by atoms with Crippen LogP contribution in [0.1, 0.15) is 15.2 Å². The number of rotatable bonds is 7. The largest absolute Gasteiger partial charge is 0.418 e. The molecule has 33 heavy (non-hydrogen) atoms. The Morgan fingerprint density at radius 3 is 2.64 bits per heavy atom. The highest BCUT2D eigenvalue weighted by Gasteiger charge is 2.37. The first kappa shape index (κ1) is 25.0. The van der Waals surface area contributed by atoms with Crippen molar-refractivity contribution in [2.75, 3.05) is 43.6 Å². The van der Waals surface area contributed by atoms with E-state index >= 15 is 0 Å². The van der Waals surface area contributed by atoms with Crippen LogP contribution in [-0.2, 0) is 20.5 Å². The maximum Gasteiger partial charge on any atom is 0.418 e. The summed E-state index contributed by atoms with van der Waals surface area (Å²) in [6, 6.07) is 5.38. The third-order valence-electron chi connectivity index (χ3n) is 4.77. The van der Waals surface area contributed by atoms with Gasteiger partial charge in [-0.1, -0.05) is 11.6 Å². The number of amides is 3. The van der Waals surface area contributed by atoms with Gasteiger partial charge in [-0.15, -0.1) is 11.3 Å². The van der Waals surface area contributed by atoms with E-state index in [4.69, 9.17) is 16.3 Å². The fraction of sp³-hybridized carbons (Fsp3) is 0.350. The molecule has 2 aromatic rings. The summed E-state index contributed by atoms with van der Waals surface area (Å²) in [7, 11) is 1.48. The van der Waals surface area contributed by atoms with Gasteiger partial charge >= 0.3 is 6.18 Å². The van der Waals surface area contributed by atoms with Gasteiger partial charge in [0.15, 0.2) is 0 Å². The second-order valence-electron chi connectivity index (χ2n) is 6.97. The highest BCUT2D eigenvalue weighted by atomic mass is 35.5. The van der Waals surface area contributed by atoms with E-state index in [2.05, 4.69) is 16.0 Å². The van der Waals surface area contributed by atoms with Gasteiger partial charge in [-0.05, 0) is 37.4 Å². The van der Waals surface area contributed by atoms with Gasteiger partial charge in [-0.3, -0.25) is 14.4 Å². The number of likely N-dealkylation sites (N-methyl/N-ethyl adjacent to an activating group) is 1. The molecule has 2 heterocycles. The van der Waals surface area contributed by atoms with Crippen LogP contribution >= 0.6 is 22.9 Å². The second kappa shape index (κ2) is 10.5. The quantitative estimate of drug-likeness (QED) is 0.538. The lowest BCUT2D eigenvalue weighted by atomic mass is 10.1. The van der Waals surface area contributed by atoms with Crippen LogP contribution < -0.4 is 20.9 Å². The Balaban J connectivity index is 1.72. The molecule has 178 valence electrons. The highest BCUT2D eigenvalue weighted by Crippen LogP contribution is 2.38. The maximum atomic E-state index is 13.7. The van der Waals surface area contributed by atoms with Crippen molar-refractivity contribution in [2.24, 2.45) is 0 Å². The van der Waals surface area contributed by atoms with Crippen LogP contribution in [-0.4, -0.2) is 57.1 Å². The first-order valence-electron chi connectivity index (χ1n) is 9.71. The number of hydrogen-bond donors (Lipinski definition) is 3. The molecule has 3 N–H and O–H groups in total. The van der Waals surface area contributed by atoms with Gasteiger partial charge < -0.3 is 25.6 Å². The molecule has 1 saturated heterocycles. The number of halogens is 4. The van der Waals surface area contributed by atoms with Crippen LogP contribution in [0.15, 0.2) is 30.3 Å². The van der Waals surface area contributed by atoms with E-state index in [0.717, 1.165) is 28.4 Å². The Bertz CT molecular complexity index is 1050. The molecular weight excluding hydrogens is 485 g/mol. The Morgan fingerprint density at radius 1 is 1.27 bits per heavy atom. The van der Waals surface area contributed by atoms with Gasteiger partial charge in [0, 0.05) is 18.8 Å². The van der Waals surface area contributed by atoms with Crippen molar-refractivity contribution in [3.63, 3.8) is 0 Å². The Hall–Kier alpha value is -2.67. The number of morpholine rings is 1. The number of benzene rings is 1. The molecule has 8 nitrogen and oxygen atoms in total. The predicted molar refractivity (Wildman–Crippen MR) is 118 cm³/mol. The summed E-state index contributed by atoms with van der Waals surface area (Å²) in [5, 5.41) is 7.70. The summed E-state index contributed by atoms with van der Waals surface area (Å²) in [5.74, 6) is -1.66. The summed E-state index contributed by atoms with van der Waals surface area (Å²) in [5.41, 5.74) is -1.46. The first-order valence-corrected chi connectivity index (χ1v) is 10.9. The smallest absolute Gasteiger partial charge is 0.370 e. The predicted octanol–water partition coefficient (Wildman–Crippen LogP) is 2.74. The molecule has 13 heteroatoms. The molecule has 0 spiro atoms. The molecule has 0 bridgehead atoms. The van der Waals surface area contributed by atoms with Crippen LogP contribution in [0.4, 0.5) is 24.5 Å². The lowest BCUT2D eigenvalue weighted by Gasteiger charge is -2.29. The third-order valence-corrected chi connectivity index (χ3v) is 6.00. The van der Waals surface area contributed by atoms with Gasteiger partial charge in [0.25, 0.3) is 11.8 Å². The van der Waals surface area contributed by atoms with Crippen LogP contribution in [0.3, 0.4) is 0 Å². The topological polar surface area (TPSA) is 99.8 Å². The van der Waals surface area contributed by atoms with E-state index in [0.29, 0.717) is 9.21 Å². The molecule has 1 aromatic heterocycles. The molecule has 1 fully saturated rings. The normalized spacial score (nSPS) is 15.3. The number of ether oxygens (including phenoxy) is 1. The summed E-state index contributed by atoms with van der Waals surface area (Å²) in [6.07, 6.45) is -4.76. The fourth-order valence-corrected chi connectivity index (χ4v) is 4.08. The number of carbonyl (C=O) groups excluding carboxylic acids is 3. The minimum Gasteiger partial charge on any atom is -0.370 e. The number of anilines is 2. The van der Waals surface area contributed by atoms with Crippen molar-refractivity contribution < 1.29 is 32.3 Å². The van der Waals surface area contributed by atoms with E-state index in [1.807, 2.05) is 0 Å². The van der Waals surface area contributed by atoms with Gasteiger partial charge in [-0.2, -0.15) is 13.2 Å². The zero-order valence-electron chi connectivity index (χ0n) is 17.3. The Kier molecular flexibility index (Phi) is 7.95. The summed E-state index contributed by atoms with van der Waals surface area (Å²) < 4.78 is 46.5. The van der Waals surface area contributed by atoms with Gasteiger partial charge in [0.2, 0.25) is 5.91 Å². The van der Waals surface area contributed by atoms with E-state index in [1.165, 1.54) is 19.2 Å². The summed E-state index contributed by atoms with van der Waals surface area (Å²) in [6.45, 7) is -0.300. The summed E-state index contributed by atoms with van der Waals surface area (Å²) >= 11 is 6.88. The third kappa shape index (κ3) is 6.22. The van der Waals surface area contributed by atoms with Gasteiger partial charge in [0.05, 0.1) is 27.1 Å². The van der Waals surface area contributed by atoms with Crippen LogP contribution in [0.5, 0.6) is 0 Å². The van der Waals surface area contributed by atoms with Crippen molar-refractivity contribution in [1.82, 2.24) is 10.6 Å². The van der Waals surface area contributed by atoms with Crippen LogP contribution in [0.2, 0.25) is 4.34 Å². The lowest BCUT2D eigenvalue weighted by Crippen LogP contribution is -2.47. The number of nitrogens with zero attached hydrogens (tertiary/aromatic N) is 1. The molecule has 0 unspecified atom stereocenters. The number of carbonyl (C=O) groups is 3. The molecule has 3 rings (SSSR count). The molecular formula is C20H20ClF3N4O4S. The van der Waals surface area contributed by atoms with E-state index < -0.39 is 35.5 Å². The molecule has 1 atom stereocenters. The minimum atomic E-state index is -4.76. The molecule has 0 saturated carbocycles. The Labute approximate surface area is 196 Å². The van der Waals surface area contributed by atoms with Crippen molar-refractivity contribution in [2.45, 2.75) is 12.2 Å². The standard InChI is InChI=1S/C20H20ClF3N4O4S/c1-25-13(9-26-19(31)15-4-5-16(21)33-15)18(30)27-11-2-3-14(12(8-11)20(22,23)24)28-6-7-32-10-17(28)29/h2-5,8,13,25H,6-7,9-10H2,1H3,(H,26,31)(H,27,30)/t13-/m0/s1.